The lowest BCUT2D eigenvalue weighted by atomic mass is 9.65. The maximum Gasteiger partial charge on any atom is 0.329 e. The summed E-state index contributed by atoms with van der Waals surface area (Å²) in [5, 5.41) is 4.55. The smallest absolute Gasteiger partial charge is 0.323 e. The Bertz CT molecular complexity index is 1070. The third-order valence-electron chi connectivity index (χ3n) is 5.58. The van der Waals surface area contributed by atoms with Gasteiger partial charge >= 0.3 is 6.03 Å². The van der Waals surface area contributed by atoms with Crippen molar-refractivity contribution in [2.75, 3.05) is 4.90 Å². The van der Waals surface area contributed by atoms with E-state index >= 15 is 0 Å². The average Bonchev–Trinajstić information content (AvgIpc) is 2.91. The highest BCUT2D eigenvalue weighted by atomic mass is 19.1. The molecule has 1 aliphatic carbocycles. The summed E-state index contributed by atoms with van der Waals surface area (Å²) in [4.78, 5) is 31.2. The van der Waals surface area contributed by atoms with Gasteiger partial charge in [0.25, 0.3) is 5.91 Å². The molecule has 134 valence electrons. The van der Waals surface area contributed by atoms with Crippen molar-refractivity contribution in [3.8, 4) is 0 Å². The number of hydrogen-bond acceptors (Lipinski definition) is 3. The molecule has 0 atom stereocenters. The van der Waals surface area contributed by atoms with E-state index in [1.54, 1.807) is 24.5 Å². The van der Waals surface area contributed by atoms with Gasteiger partial charge in [-0.3, -0.25) is 9.78 Å². The molecule has 0 unspecified atom stereocenters. The van der Waals surface area contributed by atoms with E-state index in [9.17, 15) is 14.0 Å². The normalized spacial score (nSPS) is 24.3. The number of imide groups is 1. The molecule has 6 heteroatoms. The molecule has 2 aromatic carbocycles. The Balaban J connectivity index is 1.45. The van der Waals surface area contributed by atoms with Gasteiger partial charge in [-0.05, 0) is 36.5 Å². The van der Waals surface area contributed by atoms with Crippen LogP contribution in [0, 0.1) is 5.82 Å². The molecule has 2 aliphatic rings. The van der Waals surface area contributed by atoms with Gasteiger partial charge in [0.1, 0.15) is 11.4 Å². The fourth-order valence-corrected chi connectivity index (χ4v) is 4.15. The van der Waals surface area contributed by atoms with Crippen molar-refractivity contribution < 1.29 is 14.0 Å². The molecule has 27 heavy (non-hydrogen) atoms. The Hall–Kier alpha value is -3.28. The first-order valence-electron chi connectivity index (χ1n) is 8.82. The zero-order valence-electron chi connectivity index (χ0n) is 14.4. The van der Waals surface area contributed by atoms with Crippen molar-refractivity contribution in [1.29, 1.82) is 0 Å². The number of hydrogen-bond donors (Lipinski definition) is 1. The second-order valence-corrected chi connectivity index (χ2v) is 7.19. The number of halogens is 1. The number of benzene rings is 2. The predicted octanol–water partition coefficient (Wildman–Crippen LogP) is 3.75. The Labute approximate surface area is 154 Å². The van der Waals surface area contributed by atoms with Crippen LogP contribution < -0.4 is 10.2 Å². The number of aromatic nitrogens is 1. The summed E-state index contributed by atoms with van der Waals surface area (Å²) in [5.74, 6) is -0.405. The van der Waals surface area contributed by atoms with E-state index in [4.69, 9.17) is 0 Å². The van der Waals surface area contributed by atoms with Crippen LogP contribution in [0.15, 0.2) is 60.9 Å². The Kier molecular flexibility index (Phi) is 3.31. The summed E-state index contributed by atoms with van der Waals surface area (Å²) >= 11 is 0. The predicted molar refractivity (Wildman–Crippen MR) is 98.9 cm³/mol. The third kappa shape index (κ3) is 2.33. The molecular weight excluding hydrogens is 345 g/mol. The number of nitrogens with zero attached hydrogens (tertiary/aromatic N) is 2. The van der Waals surface area contributed by atoms with Crippen molar-refractivity contribution in [3.05, 3.63) is 72.3 Å². The van der Waals surface area contributed by atoms with Crippen molar-refractivity contribution in [2.45, 2.75) is 24.3 Å². The van der Waals surface area contributed by atoms with Crippen LogP contribution in [-0.2, 0) is 4.79 Å². The fourth-order valence-electron chi connectivity index (χ4n) is 4.15. The van der Waals surface area contributed by atoms with E-state index in [0.717, 1.165) is 16.3 Å². The molecule has 1 aliphatic heterocycles. The molecule has 0 radical (unpaired) electrons. The fraction of sp³-hybridized carbons (Fsp3) is 0.190. The second-order valence-electron chi connectivity index (χ2n) is 7.19. The molecule has 1 saturated heterocycles. The van der Waals surface area contributed by atoms with Gasteiger partial charge < -0.3 is 5.32 Å². The van der Waals surface area contributed by atoms with Crippen LogP contribution >= 0.6 is 0 Å². The molecule has 1 spiro atoms. The van der Waals surface area contributed by atoms with Gasteiger partial charge in [0.2, 0.25) is 0 Å². The number of fused-ring (bicyclic) bond motifs is 1. The van der Waals surface area contributed by atoms with Crippen LogP contribution in [0.2, 0.25) is 0 Å². The lowest BCUT2D eigenvalue weighted by molar-refractivity contribution is -0.125. The van der Waals surface area contributed by atoms with E-state index in [1.165, 1.54) is 17.0 Å². The first-order valence-corrected chi connectivity index (χ1v) is 8.82. The topological polar surface area (TPSA) is 62.3 Å². The number of nitrogens with one attached hydrogen (secondary N) is 1. The molecule has 3 amide bonds. The summed E-state index contributed by atoms with van der Waals surface area (Å²) in [6.07, 6.45) is 4.28. The minimum atomic E-state index is -0.882. The number of rotatable bonds is 2. The SMILES string of the molecule is O=C1NC2(CC(c3ccc(F)cc3)C2)C(=O)N1c1cncc2ccccc12. The number of carbonyl (C=O) groups is 2. The van der Waals surface area contributed by atoms with Gasteiger partial charge in [0.05, 0.1) is 11.9 Å². The Morgan fingerprint density at radius 1 is 1.04 bits per heavy atom. The molecule has 5 nitrogen and oxygen atoms in total. The van der Waals surface area contributed by atoms with Crippen molar-refractivity contribution in [2.24, 2.45) is 0 Å². The number of amides is 3. The lowest BCUT2D eigenvalue weighted by Crippen LogP contribution is -2.56. The van der Waals surface area contributed by atoms with Crippen LogP contribution in [0.25, 0.3) is 10.8 Å². The Morgan fingerprint density at radius 2 is 1.78 bits per heavy atom. The monoisotopic (exact) mass is 361 g/mol. The lowest BCUT2D eigenvalue weighted by Gasteiger charge is -2.42. The zero-order valence-corrected chi connectivity index (χ0v) is 14.4. The molecule has 1 N–H and O–H groups in total. The van der Waals surface area contributed by atoms with Gasteiger partial charge in [-0.1, -0.05) is 36.4 Å². The van der Waals surface area contributed by atoms with E-state index in [0.29, 0.717) is 18.5 Å². The molecule has 2 fully saturated rings. The molecular formula is C21H16FN3O2. The largest absolute Gasteiger partial charge is 0.329 e. The van der Waals surface area contributed by atoms with Crippen LogP contribution in [0.5, 0.6) is 0 Å². The van der Waals surface area contributed by atoms with E-state index in [-0.39, 0.29) is 17.6 Å². The molecule has 3 aromatic rings. The van der Waals surface area contributed by atoms with Crippen LogP contribution in [0.1, 0.15) is 24.3 Å². The summed E-state index contributed by atoms with van der Waals surface area (Å²) in [6, 6.07) is 13.4. The van der Waals surface area contributed by atoms with E-state index in [1.807, 2.05) is 24.3 Å². The summed E-state index contributed by atoms with van der Waals surface area (Å²) in [5.41, 5.74) is 0.597. The maximum absolute atomic E-state index is 13.1. The van der Waals surface area contributed by atoms with Gasteiger partial charge in [-0.2, -0.15) is 0 Å². The zero-order chi connectivity index (χ0) is 18.6. The Morgan fingerprint density at radius 3 is 2.56 bits per heavy atom. The number of carbonyl (C=O) groups excluding carboxylic acids is 2. The average molecular weight is 361 g/mol. The van der Waals surface area contributed by atoms with Crippen molar-refractivity contribution >= 4 is 28.4 Å². The van der Waals surface area contributed by atoms with Crippen LogP contribution in [-0.4, -0.2) is 22.5 Å². The molecule has 0 bridgehead atoms. The molecule has 5 rings (SSSR count). The van der Waals surface area contributed by atoms with Crippen molar-refractivity contribution in [1.82, 2.24) is 10.3 Å². The number of anilines is 1. The van der Waals surface area contributed by atoms with Gasteiger partial charge in [0.15, 0.2) is 0 Å². The quantitative estimate of drug-likeness (QED) is 0.707. The first-order chi connectivity index (χ1) is 13.1. The van der Waals surface area contributed by atoms with E-state index < -0.39 is 11.6 Å². The molecule has 2 heterocycles. The first kappa shape index (κ1) is 15.9. The highest BCUT2D eigenvalue weighted by Gasteiger charge is 2.59. The highest BCUT2D eigenvalue weighted by Crippen LogP contribution is 2.48. The number of pyridine rings is 1. The molecule has 1 saturated carbocycles. The van der Waals surface area contributed by atoms with Crippen LogP contribution in [0.4, 0.5) is 14.9 Å². The minimum Gasteiger partial charge on any atom is -0.323 e. The van der Waals surface area contributed by atoms with Gasteiger partial charge in [0, 0.05) is 17.0 Å². The van der Waals surface area contributed by atoms with Gasteiger partial charge in [-0.15, -0.1) is 0 Å². The summed E-state index contributed by atoms with van der Waals surface area (Å²) in [6.45, 7) is 0. The summed E-state index contributed by atoms with van der Waals surface area (Å²) in [7, 11) is 0. The minimum absolute atomic E-state index is 0.125. The van der Waals surface area contributed by atoms with Crippen molar-refractivity contribution in [3.63, 3.8) is 0 Å². The van der Waals surface area contributed by atoms with Crippen LogP contribution in [0.3, 0.4) is 0 Å². The second kappa shape index (κ2) is 5.61. The van der Waals surface area contributed by atoms with Gasteiger partial charge in [-0.25, -0.2) is 14.1 Å². The third-order valence-corrected chi connectivity index (χ3v) is 5.58. The highest BCUT2D eigenvalue weighted by molar-refractivity contribution is 6.26. The standard InChI is InChI=1S/C21H16FN3O2/c22-16-7-5-13(6-8-16)15-9-21(10-15)19(26)25(20(27)24-21)18-12-23-11-14-3-1-2-4-17(14)18/h1-8,11-12,15H,9-10H2,(H,24,27). The van der Waals surface area contributed by atoms with E-state index in [2.05, 4.69) is 10.3 Å². The number of urea groups is 1. The maximum atomic E-state index is 13.1. The summed E-state index contributed by atoms with van der Waals surface area (Å²) < 4.78 is 13.1. The molecule has 1 aromatic heterocycles.